The second kappa shape index (κ2) is 10.7. The molecule has 1 aliphatic carbocycles. The van der Waals surface area contributed by atoms with Crippen LogP contribution >= 0.6 is 7.82 Å². The van der Waals surface area contributed by atoms with Crippen LogP contribution in [-0.2, 0) is 13.6 Å². The lowest BCUT2D eigenvalue weighted by molar-refractivity contribution is -0.00810. The highest BCUT2D eigenvalue weighted by atomic mass is 31.2. The number of aliphatic hydroxyl groups is 1. The predicted molar refractivity (Wildman–Crippen MR) is 115 cm³/mol. The fraction of sp³-hybridized carbons (Fsp3) is 0.737. The van der Waals surface area contributed by atoms with Crippen LogP contribution in [0.15, 0.2) is 11.1 Å². The van der Waals surface area contributed by atoms with Gasteiger partial charge in [-0.15, -0.1) is 0 Å². The third-order valence-electron chi connectivity index (χ3n) is 5.87. The summed E-state index contributed by atoms with van der Waals surface area (Å²) in [5.41, 5.74) is 5.73. The number of H-pyrrole nitrogens is 1. The van der Waals surface area contributed by atoms with Crippen LogP contribution < -0.4 is 11.3 Å². The number of aliphatic hydroxyl groups excluding tert-OH is 1. The minimum atomic E-state index is -4.13. The van der Waals surface area contributed by atoms with E-state index in [0.717, 1.165) is 19.3 Å². The highest BCUT2D eigenvalue weighted by Crippen LogP contribution is 2.49. The number of imidazole rings is 1. The van der Waals surface area contributed by atoms with Crippen LogP contribution in [0.5, 0.6) is 0 Å². The number of hydrogen-bond donors (Lipinski definition) is 4. The number of fused-ring (bicyclic) bond motifs is 1. The van der Waals surface area contributed by atoms with Gasteiger partial charge in [-0.3, -0.25) is 18.8 Å². The number of nitrogens with one attached hydrogen (secondary N) is 1. The maximum absolute atomic E-state index is 12.1. The van der Waals surface area contributed by atoms with Gasteiger partial charge in [0.15, 0.2) is 11.2 Å². The Morgan fingerprint density at radius 1 is 1.29 bits per heavy atom. The topological polar surface area (TPSA) is 166 Å². The van der Waals surface area contributed by atoms with Gasteiger partial charge in [-0.2, -0.15) is 4.98 Å². The molecule has 5 N–H and O–H groups in total. The first-order valence-corrected chi connectivity index (χ1v) is 12.3. The first-order chi connectivity index (χ1) is 14.9. The molecule has 0 radical (unpaired) electrons. The van der Waals surface area contributed by atoms with Gasteiger partial charge in [0, 0.05) is 18.6 Å². The van der Waals surface area contributed by atoms with Gasteiger partial charge in [-0.05, 0) is 18.8 Å². The molecule has 0 aromatic carbocycles. The molecule has 4 unspecified atom stereocenters. The van der Waals surface area contributed by atoms with Gasteiger partial charge in [0.2, 0.25) is 5.95 Å². The van der Waals surface area contributed by atoms with Crippen LogP contribution in [-0.4, -0.2) is 49.3 Å². The number of nitrogens with zero attached hydrogens (tertiary/aromatic N) is 3. The SMILES string of the molecule is CCCCCCCCOP(=O)(O)OCC1CC(n2cnc3c(=O)[nH]c(N)nc32)C1CO. The Bertz CT molecular complexity index is 963. The summed E-state index contributed by atoms with van der Waals surface area (Å²) in [6, 6.07) is -0.167. The molecule has 0 spiro atoms. The second-order valence-electron chi connectivity index (χ2n) is 8.05. The molecule has 0 bridgehead atoms. The molecule has 1 saturated carbocycles. The van der Waals surface area contributed by atoms with Crippen LogP contribution in [0.3, 0.4) is 0 Å². The van der Waals surface area contributed by atoms with Crippen molar-refractivity contribution in [2.75, 3.05) is 25.6 Å². The van der Waals surface area contributed by atoms with E-state index in [9.17, 15) is 19.4 Å². The quantitative estimate of drug-likeness (QED) is 0.261. The summed E-state index contributed by atoms with van der Waals surface area (Å²) in [6.07, 6.45) is 8.36. The summed E-state index contributed by atoms with van der Waals surface area (Å²) in [5.74, 6) is -0.383. The van der Waals surface area contributed by atoms with Gasteiger partial charge in [-0.25, -0.2) is 9.55 Å². The normalized spacial score (nSPS) is 23.0. The van der Waals surface area contributed by atoms with Gasteiger partial charge >= 0.3 is 7.82 Å². The fourth-order valence-corrected chi connectivity index (χ4v) is 4.85. The maximum atomic E-state index is 12.1. The van der Waals surface area contributed by atoms with Crippen LogP contribution in [0.1, 0.15) is 57.9 Å². The number of nitrogen functional groups attached to an aromatic ring is 1. The largest absolute Gasteiger partial charge is 0.472 e. The minimum Gasteiger partial charge on any atom is -0.396 e. The number of rotatable bonds is 13. The lowest BCUT2D eigenvalue weighted by atomic mass is 9.70. The smallest absolute Gasteiger partial charge is 0.396 e. The number of anilines is 1. The molecule has 0 amide bonds. The fourth-order valence-electron chi connectivity index (χ4n) is 4.04. The number of phosphoric ester groups is 1. The Morgan fingerprint density at radius 2 is 2.03 bits per heavy atom. The average molecular weight is 457 g/mol. The van der Waals surface area contributed by atoms with E-state index in [1.54, 1.807) is 4.57 Å². The summed E-state index contributed by atoms with van der Waals surface area (Å²) in [7, 11) is -4.13. The Morgan fingerprint density at radius 3 is 2.77 bits per heavy atom. The molecule has 174 valence electrons. The van der Waals surface area contributed by atoms with Crippen molar-refractivity contribution in [1.29, 1.82) is 0 Å². The molecule has 0 saturated heterocycles. The van der Waals surface area contributed by atoms with E-state index in [4.69, 9.17) is 14.8 Å². The predicted octanol–water partition coefficient (Wildman–Crippen LogP) is 2.37. The van der Waals surface area contributed by atoms with E-state index in [2.05, 4.69) is 21.9 Å². The van der Waals surface area contributed by atoms with E-state index in [0.29, 0.717) is 18.5 Å². The third-order valence-corrected chi connectivity index (χ3v) is 6.85. The van der Waals surface area contributed by atoms with Crippen molar-refractivity contribution in [2.45, 2.75) is 57.9 Å². The summed E-state index contributed by atoms with van der Waals surface area (Å²) in [4.78, 5) is 32.5. The summed E-state index contributed by atoms with van der Waals surface area (Å²) in [5, 5.41) is 9.83. The van der Waals surface area contributed by atoms with Crippen LogP contribution in [0.2, 0.25) is 0 Å². The third kappa shape index (κ3) is 5.93. The van der Waals surface area contributed by atoms with Gasteiger partial charge in [0.05, 0.1) is 19.5 Å². The number of phosphoric acid groups is 1. The molecule has 3 rings (SSSR count). The number of aromatic nitrogens is 4. The van der Waals surface area contributed by atoms with Crippen molar-refractivity contribution in [3.8, 4) is 0 Å². The maximum Gasteiger partial charge on any atom is 0.472 e. The first-order valence-electron chi connectivity index (χ1n) is 10.8. The van der Waals surface area contributed by atoms with Crippen molar-refractivity contribution in [2.24, 2.45) is 11.8 Å². The molecular weight excluding hydrogens is 425 g/mol. The first kappa shape index (κ1) is 23.9. The Labute approximate surface area is 180 Å². The Balaban J connectivity index is 1.49. The molecule has 11 nitrogen and oxygen atoms in total. The molecule has 12 heteroatoms. The minimum absolute atomic E-state index is 0.00517. The Hall–Kier alpha value is -1.78. The lowest BCUT2D eigenvalue weighted by Gasteiger charge is -2.44. The van der Waals surface area contributed by atoms with Gasteiger partial charge in [-0.1, -0.05) is 39.0 Å². The van der Waals surface area contributed by atoms with E-state index < -0.39 is 13.4 Å². The second-order valence-corrected chi connectivity index (χ2v) is 9.50. The lowest BCUT2D eigenvalue weighted by Crippen LogP contribution is -2.42. The number of hydrogen-bond acceptors (Lipinski definition) is 8. The molecule has 1 fully saturated rings. The number of nitrogens with two attached hydrogens (primary N) is 1. The summed E-state index contributed by atoms with van der Waals surface area (Å²) in [6.45, 7) is 2.18. The van der Waals surface area contributed by atoms with E-state index in [-0.39, 0.29) is 49.2 Å². The monoisotopic (exact) mass is 457 g/mol. The van der Waals surface area contributed by atoms with E-state index in [1.807, 2.05) is 0 Å². The van der Waals surface area contributed by atoms with Crippen molar-refractivity contribution in [3.05, 3.63) is 16.7 Å². The molecule has 2 aromatic heterocycles. The van der Waals surface area contributed by atoms with E-state index in [1.165, 1.54) is 19.2 Å². The van der Waals surface area contributed by atoms with Gasteiger partial charge < -0.3 is 20.3 Å². The van der Waals surface area contributed by atoms with Crippen molar-refractivity contribution in [3.63, 3.8) is 0 Å². The van der Waals surface area contributed by atoms with E-state index >= 15 is 0 Å². The van der Waals surface area contributed by atoms with Gasteiger partial charge in [0.1, 0.15) is 0 Å². The molecule has 0 aliphatic heterocycles. The summed E-state index contributed by atoms with van der Waals surface area (Å²) >= 11 is 0. The molecule has 31 heavy (non-hydrogen) atoms. The zero-order valence-corrected chi connectivity index (χ0v) is 18.7. The van der Waals surface area contributed by atoms with Crippen molar-refractivity contribution in [1.82, 2.24) is 19.5 Å². The standard InChI is InChI=1S/C19H32N5O6P/c1-2-3-4-5-6-7-8-29-31(27,28)30-11-13-9-15(14(13)10-25)24-12-21-16-17(24)22-19(20)23-18(16)26/h12-15,25H,2-11H2,1H3,(H,27,28)(H3,20,22,23,26). The van der Waals surface area contributed by atoms with Crippen LogP contribution in [0.4, 0.5) is 5.95 Å². The zero-order chi connectivity index (χ0) is 22.4. The highest BCUT2D eigenvalue weighted by molar-refractivity contribution is 7.47. The average Bonchev–Trinajstić information content (AvgIpc) is 3.10. The summed E-state index contributed by atoms with van der Waals surface area (Å²) < 4.78 is 24.1. The van der Waals surface area contributed by atoms with Crippen LogP contribution in [0, 0.1) is 11.8 Å². The number of unbranched alkanes of at least 4 members (excludes halogenated alkanes) is 5. The Kier molecular flexibility index (Phi) is 8.23. The van der Waals surface area contributed by atoms with Crippen molar-refractivity contribution >= 4 is 24.9 Å². The molecule has 2 heterocycles. The molecule has 2 aromatic rings. The molecule has 1 aliphatic rings. The molecule has 4 atom stereocenters. The van der Waals surface area contributed by atoms with Gasteiger partial charge in [0.25, 0.3) is 5.56 Å². The molecular formula is C19H32N5O6P. The number of aromatic amines is 1. The zero-order valence-electron chi connectivity index (χ0n) is 17.8. The highest BCUT2D eigenvalue weighted by Gasteiger charge is 2.43. The van der Waals surface area contributed by atoms with Crippen LogP contribution in [0.25, 0.3) is 11.2 Å². The van der Waals surface area contributed by atoms with Crippen molar-refractivity contribution < 1.29 is 23.6 Å².